The molecule has 1 N–H and O–H groups in total. The van der Waals surface area contributed by atoms with Crippen LogP contribution in [0.5, 0.6) is 0 Å². The van der Waals surface area contributed by atoms with Gasteiger partial charge in [-0.15, -0.1) is 12.4 Å². The fourth-order valence-electron chi connectivity index (χ4n) is 3.06. The highest BCUT2D eigenvalue weighted by Gasteiger charge is 2.30. The van der Waals surface area contributed by atoms with Crippen molar-refractivity contribution in [1.29, 1.82) is 0 Å². The maximum Gasteiger partial charge on any atom is 0.420 e. The Labute approximate surface area is 183 Å². The number of carbonyl (C=O) groups excluding carboxylic acids is 1. The number of benzene rings is 2. The highest BCUT2D eigenvalue weighted by Crippen LogP contribution is 2.31. The Morgan fingerprint density at radius 2 is 2.00 bits per heavy atom. The van der Waals surface area contributed by atoms with Crippen LogP contribution in [0, 0.1) is 0 Å². The van der Waals surface area contributed by atoms with Crippen LogP contribution >= 0.6 is 24.0 Å². The SMILES string of the molecule is CN(Cc1nc2cc(C(F)(F)F)ccc2[nH]1)C(=O)Cn1c(=O)oc2ccc(Cl)cc21.Cl. The molecule has 2 heterocycles. The molecule has 0 spiro atoms. The molecule has 2 aromatic carbocycles. The van der Waals surface area contributed by atoms with E-state index in [2.05, 4.69) is 9.97 Å². The summed E-state index contributed by atoms with van der Waals surface area (Å²) in [5.41, 5.74) is 0.454. The molecule has 0 aliphatic heterocycles. The first-order valence-electron chi connectivity index (χ1n) is 8.70. The van der Waals surface area contributed by atoms with Gasteiger partial charge in [-0.1, -0.05) is 11.6 Å². The molecular weight excluding hydrogens is 460 g/mol. The van der Waals surface area contributed by atoms with Gasteiger partial charge in [0.25, 0.3) is 0 Å². The molecule has 0 aliphatic rings. The smallest absolute Gasteiger partial charge is 0.408 e. The van der Waals surface area contributed by atoms with Gasteiger partial charge in [-0.25, -0.2) is 9.78 Å². The van der Waals surface area contributed by atoms with E-state index in [9.17, 15) is 22.8 Å². The maximum atomic E-state index is 12.9. The molecule has 0 unspecified atom stereocenters. The zero-order valence-electron chi connectivity index (χ0n) is 15.9. The molecule has 0 radical (unpaired) electrons. The standard InChI is InChI=1S/C19H14ClF3N4O3.ClH/c1-26(8-16-24-12-4-2-10(19(21,22)23)6-13(12)25-16)17(28)9-27-14-7-11(20)3-5-15(14)30-18(27)29;/h2-7H,8-9H2,1H3,(H,24,25);1H. The molecule has 0 saturated heterocycles. The van der Waals surface area contributed by atoms with Gasteiger partial charge in [-0.2, -0.15) is 13.2 Å². The van der Waals surface area contributed by atoms with Crippen molar-refractivity contribution in [2.75, 3.05) is 7.05 Å². The number of imidazole rings is 1. The van der Waals surface area contributed by atoms with E-state index in [4.69, 9.17) is 16.0 Å². The first-order valence-corrected chi connectivity index (χ1v) is 9.08. The van der Waals surface area contributed by atoms with Crippen LogP contribution in [0.15, 0.2) is 45.6 Å². The Hall–Kier alpha value is -2.98. The summed E-state index contributed by atoms with van der Waals surface area (Å²) in [5, 5.41) is 0.387. The first kappa shape index (κ1) is 22.7. The number of aromatic amines is 1. The van der Waals surface area contributed by atoms with Gasteiger partial charge in [0.1, 0.15) is 12.4 Å². The summed E-state index contributed by atoms with van der Waals surface area (Å²) >= 11 is 5.95. The first-order chi connectivity index (χ1) is 14.1. The number of likely N-dealkylation sites (N-methyl/N-ethyl adjacent to an activating group) is 1. The van der Waals surface area contributed by atoms with Gasteiger partial charge in [0.15, 0.2) is 5.58 Å². The van der Waals surface area contributed by atoms with Crippen LogP contribution in [0.1, 0.15) is 11.4 Å². The van der Waals surface area contributed by atoms with Crippen molar-refractivity contribution in [3.8, 4) is 0 Å². The number of hydrogen-bond donors (Lipinski definition) is 1. The van der Waals surface area contributed by atoms with Crippen LogP contribution in [0.4, 0.5) is 13.2 Å². The topological polar surface area (TPSA) is 84.1 Å². The summed E-state index contributed by atoms with van der Waals surface area (Å²) in [5.74, 6) is -0.804. The maximum absolute atomic E-state index is 12.9. The van der Waals surface area contributed by atoms with Crippen LogP contribution in [0.3, 0.4) is 0 Å². The van der Waals surface area contributed by atoms with Crippen LogP contribution in [-0.4, -0.2) is 32.4 Å². The molecule has 31 heavy (non-hydrogen) atoms. The Kier molecular flexibility index (Phi) is 6.06. The number of carbonyl (C=O) groups is 1. The van der Waals surface area contributed by atoms with Crippen LogP contribution in [0.2, 0.25) is 5.02 Å². The molecule has 164 valence electrons. The predicted molar refractivity (Wildman–Crippen MR) is 110 cm³/mol. The molecule has 0 saturated carbocycles. The number of H-pyrrole nitrogens is 1. The summed E-state index contributed by atoms with van der Waals surface area (Å²) in [7, 11) is 1.50. The monoisotopic (exact) mass is 474 g/mol. The molecule has 0 fully saturated rings. The van der Waals surface area contributed by atoms with Crippen molar-refractivity contribution in [2.24, 2.45) is 0 Å². The number of fused-ring (bicyclic) bond motifs is 2. The zero-order valence-corrected chi connectivity index (χ0v) is 17.4. The second-order valence-electron chi connectivity index (χ2n) is 6.73. The number of nitrogens with zero attached hydrogens (tertiary/aromatic N) is 3. The molecule has 0 bridgehead atoms. The highest BCUT2D eigenvalue weighted by molar-refractivity contribution is 6.31. The molecule has 4 aromatic rings. The lowest BCUT2D eigenvalue weighted by molar-refractivity contribution is -0.137. The van der Waals surface area contributed by atoms with E-state index in [1.807, 2.05) is 0 Å². The number of oxazole rings is 1. The van der Waals surface area contributed by atoms with E-state index in [0.29, 0.717) is 27.5 Å². The fraction of sp³-hybridized carbons (Fsp3) is 0.211. The Balaban J connectivity index is 0.00000272. The van der Waals surface area contributed by atoms with Gasteiger partial charge < -0.3 is 14.3 Å². The van der Waals surface area contributed by atoms with E-state index in [-0.39, 0.29) is 31.0 Å². The third-order valence-electron chi connectivity index (χ3n) is 4.59. The minimum atomic E-state index is -4.47. The second-order valence-corrected chi connectivity index (χ2v) is 7.17. The van der Waals surface area contributed by atoms with Gasteiger partial charge in [0.2, 0.25) is 5.91 Å². The zero-order chi connectivity index (χ0) is 21.6. The van der Waals surface area contributed by atoms with E-state index in [0.717, 1.165) is 16.7 Å². The molecule has 7 nitrogen and oxygen atoms in total. The highest BCUT2D eigenvalue weighted by atomic mass is 35.5. The van der Waals surface area contributed by atoms with Gasteiger partial charge in [-0.3, -0.25) is 9.36 Å². The Bertz CT molecular complexity index is 1330. The number of aromatic nitrogens is 3. The van der Waals surface area contributed by atoms with Crippen molar-refractivity contribution >= 4 is 52.0 Å². The fourth-order valence-corrected chi connectivity index (χ4v) is 3.23. The lowest BCUT2D eigenvalue weighted by atomic mass is 10.2. The minimum Gasteiger partial charge on any atom is -0.408 e. The van der Waals surface area contributed by atoms with Crippen molar-refractivity contribution < 1.29 is 22.4 Å². The Morgan fingerprint density at radius 3 is 2.71 bits per heavy atom. The summed E-state index contributed by atoms with van der Waals surface area (Å²) < 4.78 is 44.8. The van der Waals surface area contributed by atoms with Crippen molar-refractivity contribution in [3.05, 3.63) is 63.4 Å². The molecule has 12 heteroatoms. The summed E-state index contributed by atoms with van der Waals surface area (Å²) in [4.78, 5) is 33.0. The Morgan fingerprint density at radius 1 is 1.26 bits per heavy atom. The molecule has 4 rings (SSSR count). The van der Waals surface area contributed by atoms with Gasteiger partial charge in [-0.05, 0) is 36.4 Å². The van der Waals surface area contributed by atoms with E-state index < -0.39 is 23.4 Å². The molecule has 0 aliphatic carbocycles. The normalized spacial score (nSPS) is 11.6. The second kappa shape index (κ2) is 8.27. The summed E-state index contributed by atoms with van der Waals surface area (Å²) in [6.07, 6.45) is -4.47. The number of hydrogen-bond acceptors (Lipinski definition) is 4. The summed E-state index contributed by atoms with van der Waals surface area (Å²) in [6.45, 7) is -0.277. The van der Waals surface area contributed by atoms with Gasteiger partial charge in [0.05, 0.1) is 28.7 Å². The largest absolute Gasteiger partial charge is 0.420 e. The quantitative estimate of drug-likeness (QED) is 0.479. The van der Waals surface area contributed by atoms with Gasteiger partial charge >= 0.3 is 11.9 Å². The summed E-state index contributed by atoms with van der Waals surface area (Å²) in [6, 6.07) is 7.81. The van der Waals surface area contributed by atoms with E-state index in [1.165, 1.54) is 30.1 Å². The lowest BCUT2D eigenvalue weighted by Gasteiger charge is -2.15. The molecule has 1 amide bonds. The predicted octanol–water partition coefficient (Wildman–Crippen LogP) is 4.22. The third kappa shape index (κ3) is 4.54. The third-order valence-corrected chi connectivity index (χ3v) is 4.83. The van der Waals surface area contributed by atoms with Gasteiger partial charge in [0, 0.05) is 12.1 Å². The molecule has 0 atom stereocenters. The molecule has 2 aromatic heterocycles. The number of nitrogens with one attached hydrogen (secondary N) is 1. The van der Waals surface area contributed by atoms with E-state index in [1.54, 1.807) is 6.07 Å². The van der Waals surface area contributed by atoms with Crippen LogP contribution < -0.4 is 5.76 Å². The van der Waals surface area contributed by atoms with Crippen LogP contribution in [-0.2, 0) is 24.1 Å². The minimum absolute atomic E-state index is 0. The van der Waals surface area contributed by atoms with Crippen LogP contribution in [0.25, 0.3) is 22.1 Å². The number of amides is 1. The lowest BCUT2D eigenvalue weighted by Crippen LogP contribution is -2.32. The number of halogens is 5. The number of rotatable bonds is 4. The van der Waals surface area contributed by atoms with Crippen molar-refractivity contribution in [1.82, 2.24) is 19.4 Å². The number of alkyl halides is 3. The van der Waals surface area contributed by atoms with Crippen molar-refractivity contribution in [2.45, 2.75) is 19.3 Å². The average molecular weight is 475 g/mol. The van der Waals surface area contributed by atoms with Crippen molar-refractivity contribution in [3.63, 3.8) is 0 Å². The average Bonchev–Trinajstić information content (AvgIpc) is 3.20. The van der Waals surface area contributed by atoms with E-state index >= 15 is 0 Å². The molecular formula is C19H15Cl2F3N4O3.